The van der Waals surface area contributed by atoms with Gasteiger partial charge in [-0.05, 0) is 48.5 Å². The molecule has 4 aromatic rings. The first-order valence-corrected chi connectivity index (χ1v) is 11.6. The van der Waals surface area contributed by atoms with Gasteiger partial charge in [-0.2, -0.15) is 0 Å². The lowest BCUT2D eigenvalue weighted by atomic mass is 10.1. The molecule has 0 aliphatic rings. The standard InChI is InChI=1S/C26H25N3O5S/c1-16-10-12-19(13-11-16)27-24(30)23(17-8-6-5-7-9-17)35-26-29-28-25(34-26)18-14-20(31-2)22(33-4)21(15-18)32-3/h5-15,23H,1-4H3,(H,27,30). The van der Waals surface area contributed by atoms with Crippen molar-refractivity contribution in [3.63, 3.8) is 0 Å². The number of aromatic nitrogens is 2. The molecule has 1 unspecified atom stereocenters. The van der Waals surface area contributed by atoms with E-state index in [2.05, 4.69) is 15.5 Å². The second-order valence-corrected chi connectivity index (χ2v) is 8.61. The van der Waals surface area contributed by atoms with Crippen LogP contribution >= 0.6 is 11.8 Å². The Morgan fingerprint density at radius 3 is 2.17 bits per heavy atom. The highest BCUT2D eigenvalue weighted by Gasteiger charge is 2.26. The Morgan fingerprint density at radius 2 is 1.57 bits per heavy atom. The van der Waals surface area contributed by atoms with Gasteiger partial charge in [-0.1, -0.05) is 48.0 Å². The zero-order valence-electron chi connectivity index (χ0n) is 19.8. The van der Waals surface area contributed by atoms with Crippen LogP contribution in [0.2, 0.25) is 0 Å². The van der Waals surface area contributed by atoms with Gasteiger partial charge in [0.25, 0.3) is 5.22 Å². The predicted octanol–water partition coefficient (Wildman–Crippen LogP) is 5.54. The molecule has 1 N–H and O–H groups in total. The number of thioether (sulfide) groups is 1. The number of benzene rings is 3. The van der Waals surface area contributed by atoms with Gasteiger partial charge in [0, 0.05) is 11.3 Å². The van der Waals surface area contributed by atoms with E-state index in [1.807, 2.05) is 61.5 Å². The van der Waals surface area contributed by atoms with Crippen LogP contribution in [0.5, 0.6) is 17.2 Å². The van der Waals surface area contributed by atoms with Gasteiger partial charge in [0.2, 0.25) is 17.5 Å². The van der Waals surface area contributed by atoms with E-state index in [1.54, 1.807) is 12.1 Å². The number of aryl methyl sites for hydroxylation is 1. The van der Waals surface area contributed by atoms with E-state index >= 15 is 0 Å². The van der Waals surface area contributed by atoms with E-state index in [-0.39, 0.29) is 17.0 Å². The second-order valence-electron chi connectivity index (χ2n) is 7.55. The Kier molecular flexibility index (Phi) is 7.57. The number of ether oxygens (including phenoxy) is 3. The number of amides is 1. The van der Waals surface area contributed by atoms with Crippen LogP contribution in [0.1, 0.15) is 16.4 Å². The SMILES string of the molecule is COc1cc(-c2nnc(SC(C(=O)Nc3ccc(C)cc3)c3ccccc3)o2)cc(OC)c1OC. The second kappa shape index (κ2) is 11.0. The molecule has 0 aliphatic heterocycles. The van der Waals surface area contributed by atoms with Gasteiger partial charge >= 0.3 is 0 Å². The lowest BCUT2D eigenvalue weighted by Crippen LogP contribution is -2.19. The van der Waals surface area contributed by atoms with Crippen LogP contribution in [-0.4, -0.2) is 37.4 Å². The largest absolute Gasteiger partial charge is 0.493 e. The molecule has 8 nitrogen and oxygen atoms in total. The summed E-state index contributed by atoms with van der Waals surface area (Å²) in [6, 6.07) is 20.5. The smallest absolute Gasteiger partial charge is 0.277 e. The van der Waals surface area contributed by atoms with Gasteiger partial charge in [-0.15, -0.1) is 10.2 Å². The molecule has 0 aliphatic carbocycles. The van der Waals surface area contributed by atoms with Gasteiger partial charge in [0.15, 0.2) is 11.5 Å². The number of rotatable bonds is 9. The summed E-state index contributed by atoms with van der Waals surface area (Å²) in [7, 11) is 4.60. The highest BCUT2D eigenvalue weighted by atomic mass is 32.2. The normalized spacial score (nSPS) is 11.5. The zero-order valence-corrected chi connectivity index (χ0v) is 20.6. The molecule has 0 spiro atoms. The summed E-state index contributed by atoms with van der Waals surface area (Å²) in [5, 5.41) is 11.0. The van der Waals surface area contributed by atoms with Crippen LogP contribution in [0.3, 0.4) is 0 Å². The molecule has 9 heteroatoms. The maximum atomic E-state index is 13.2. The number of carbonyl (C=O) groups is 1. The molecule has 0 saturated heterocycles. The lowest BCUT2D eigenvalue weighted by Gasteiger charge is -2.15. The van der Waals surface area contributed by atoms with Crippen LogP contribution < -0.4 is 19.5 Å². The van der Waals surface area contributed by atoms with Gasteiger partial charge in [-0.25, -0.2) is 0 Å². The summed E-state index contributed by atoms with van der Waals surface area (Å²) in [6.07, 6.45) is 0. The number of anilines is 1. The first-order chi connectivity index (χ1) is 17.0. The zero-order chi connectivity index (χ0) is 24.8. The first-order valence-electron chi connectivity index (χ1n) is 10.8. The maximum Gasteiger partial charge on any atom is 0.277 e. The molecule has 35 heavy (non-hydrogen) atoms. The molecule has 1 atom stereocenters. The average Bonchev–Trinajstić information content (AvgIpc) is 3.37. The fourth-order valence-corrected chi connectivity index (χ4v) is 4.30. The van der Waals surface area contributed by atoms with Crippen molar-refractivity contribution in [2.24, 2.45) is 0 Å². The van der Waals surface area contributed by atoms with Crippen molar-refractivity contribution < 1.29 is 23.4 Å². The Hall–Kier alpha value is -3.98. The Balaban J connectivity index is 1.61. The number of hydrogen-bond donors (Lipinski definition) is 1. The number of nitrogens with zero attached hydrogens (tertiary/aromatic N) is 2. The predicted molar refractivity (Wildman–Crippen MR) is 134 cm³/mol. The molecule has 180 valence electrons. The molecule has 0 fully saturated rings. The number of hydrogen-bond acceptors (Lipinski definition) is 8. The minimum absolute atomic E-state index is 0.197. The summed E-state index contributed by atoms with van der Waals surface area (Å²) in [6.45, 7) is 2.00. The van der Waals surface area contributed by atoms with E-state index in [0.717, 1.165) is 11.1 Å². The summed E-state index contributed by atoms with van der Waals surface area (Å²) in [4.78, 5) is 13.2. The molecule has 0 saturated carbocycles. The first kappa shape index (κ1) is 24.2. The van der Waals surface area contributed by atoms with Crippen molar-refractivity contribution in [2.45, 2.75) is 17.4 Å². The highest BCUT2D eigenvalue weighted by Crippen LogP contribution is 2.42. The molecular formula is C26H25N3O5S. The Labute approximate surface area is 207 Å². The quantitative estimate of drug-likeness (QED) is 0.305. The molecule has 0 bridgehead atoms. The Morgan fingerprint density at radius 1 is 0.914 bits per heavy atom. The van der Waals surface area contributed by atoms with Crippen molar-refractivity contribution >= 4 is 23.4 Å². The molecule has 1 heterocycles. The summed E-state index contributed by atoms with van der Waals surface area (Å²) in [5.74, 6) is 1.46. The number of carbonyl (C=O) groups excluding carboxylic acids is 1. The Bertz CT molecular complexity index is 1270. The molecular weight excluding hydrogens is 466 g/mol. The number of nitrogens with one attached hydrogen (secondary N) is 1. The molecule has 1 amide bonds. The molecule has 0 radical (unpaired) electrons. The van der Waals surface area contributed by atoms with Gasteiger partial charge < -0.3 is 23.9 Å². The van der Waals surface area contributed by atoms with E-state index in [0.29, 0.717) is 28.5 Å². The van der Waals surface area contributed by atoms with Crippen LogP contribution in [-0.2, 0) is 4.79 Å². The number of methoxy groups -OCH3 is 3. The third-order valence-electron chi connectivity index (χ3n) is 5.20. The molecule has 3 aromatic carbocycles. The van der Waals surface area contributed by atoms with E-state index in [9.17, 15) is 4.79 Å². The third kappa shape index (κ3) is 5.58. The van der Waals surface area contributed by atoms with E-state index in [4.69, 9.17) is 18.6 Å². The maximum absolute atomic E-state index is 13.2. The van der Waals surface area contributed by atoms with E-state index in [1.165, 1.54) is 33.1 Å². The summed E-state index contributed by atoms with van der Waals surface area (Å²) < 4.78 is 22.1. The highest BCUT2D eigenvalue weighted by molar-refractivity contribution is 8.00. The van der Waals surface area contributed by atoms with Gasteiger partial charge in [0.05, 0.1) is 21.3 Å². The van der Waals surface area contributed by atoms with Crippen LogP contribution in [0, 0.1) is 6.92 Å². The van der Waals surface area contributed by atoms with Crippen LogP contribution in [0.25, 0.3) is 11.5 Å². The molecule has 4 rings (SSSR count). The summed E-state index contributed by atoms with van der Waals surface area (Å²) in [5.41, 5.74) is 3.24. The van der Waals surface area contributed by atoms with Crippen molar-refractivity contribution in [1.29, 1.82) is 0 Å². The van der Waals surface area contributed by atoms with Crippen molar-refractivity contribution in [3.05, 3.63) is 77.9 Å². The van der Waals surface area contributed by atoms with Crippen molar-refractivity contribution in [1.82, 2.24) is 10.2 Å². The minimum Gasteiger partial charge on any atom is -0.493 e. The van der Waals surface area contributed by atoms with Crippen LogP contribution in [0.4, 0.5) is 5.69 Å². The van der Waals surface area contributed by atoms with Gasteiger partial charge in [-0.3, -0.25) is 4.79 Å². The molecule has 1 aromatic heterocycles. The minimum atomic E-state index is -0.606. The summed E-state index contributed by atoms with van der Waals surface area (Å²) >= 11 is 1.18. The third-order valence-corrected chi connectivity index (χ3v) is 6.28. The average molecular weight is 492 g/mol. The monoisotopic (exact) mass is 491 g/mol. The van der Waals surface area contributed by atoms with E-state index < -0.39 is 5.25 Å². The van der Waals surface area contributed by atoms with Crippen molar-refractivity contribution in [3.8, 4) is 28.7 Å². The van der Waals surface area contributed by atoms with Gasteiger partial charge in [0.1, 0.15) is 5.25 Å². The lowest BCUT2D eigenvalue weighted by molar-refractivity contribution is -0.115. The topological polar surface area (TPSA) is 95.7 Å². The van der Waals surface area contributed by atoms with Crippen molar-refractivity contribution in [2.75, 3.05) is 26.6 Å². The fourth-order valence-electron chi connectivity index (χ4n) is 3.42. The fraction of sp³-hybridized carbons (Fsp3) is 0.192. The van der Waals surface area contributed by atoms with Crippen LogP contribution in [0.15, 0.2) is 76.4 Å².